The van der Waals surface area contributed by atoms with E-state index in [4.69, 9.17) is 0 Å². The molecule has 1 aromatic heterocycles. The van der Waals surface area contributed by atoms with Gasteiger partial charge in [-0.25, -0.2) is 0 Å². The zero-order chi connectivity index (χ0) is 17.3. The summed E-state index contributed by atoms with van der Waals surface area (Å²) in [5, 5.41) is 0. The summed E-state index contributed by atoms with van der Waals surface area (Å²) >= 11 is 3.48. The maximum Gasteiger partial charge on any atom is 0.0641 e. The highest BCUT2D eigenvalue weighted by molar-refractivity contribution is 9.10. The second kappa shape index (κ2) is 6.78. The smallest absolute Gasteiger partial charge is 0.0641 e. The molecule has 0 aliphatic heterocycles. The number of rotatable bonds is 3. The van der Waals surface area contributed by atoms with E-state index in [-0.39, 0.29) is 0 Å². The first-order valence-electron chi connectivity index (χ1n) is 8.02. The predicted octanol–water partition coefficient (Wildman–Crippen LogP) is 6.22. The van der Waals surface area contributed by atoms with Gasteiger partial charge in [-0.2, -0.15) is 0 Å². The third-order valence-corrected chi connectivity index (χ3v) is 4.87. The lowest BCUT2D eigenvalue weighted by molar-refractivity contribution is 0.961. The molecule has 1 heterocycles. The van der Waals surface area contributed by atoms with Gasteiger partial charge in [-0.05, 0) is 75.2 Å². The summed E-state index contributed by atoms with van der Waals surface area (Å²) in [5.41, 5.74) is 8.34. The minimum atomic E-state index is 0.945. The van der Waals surface area contributed by atoms with Crippen LogP contribution in [-0.4, -0.2) is 10.8 Å². The Bertz CT molecular complexity index is 920. The van der Waals surface area contributed by atoms with E-state index >= 15 is 0 Å². The van der Waals surface area contributed by atoms with Crippen molar-refractivity contribution in [1.82, 2.24) is 4.57 Å². The minimum Gasteiger partial charge on any atom is -0.318 e. The Hall–Kier alpha value is -2.13. The average molecular weight is 381 g/mol. The molecule has 0 atom stereocenters. The highest BCUT2D eigenvalue weighted by Gasteiger charge is 2.10. The number of hydrogen-bond donors (Lipinski definition) is 0. The molecule has 0 spiro atoms. The first-order chi connectivity index (χ1) is 11.5. The van der Waals surface area contributed by atoms with Crippen LogP contribution in [0, 0.1) is 27.7 Å². The molecule has 2 nitrogen and oxygen atoms in total. The zero-order valence-electron chi connectivity index (χ0n) is 14.5. The molecule has 0 N–H and O–H groups in total. The number of halogens is 1. The normalized spacial score (nSPS) is 11.4. The van der Waals surface area contributed by atoms with Crippen LogP contribution < -0.4 is 0 Å². The SMILES string of the molecule is Cc1ccc(-n2c(C)cc(C=Nc3cccc(Br)c3)c2C)cc1C. The van der Waals surface area contributed by atoms with Crippen LogP contribution in [0.5, 0.6) is 0 Å². The van der Waals surface area contributed by atoms with Crippen molar-refractivity contribution in [3.63, 3.8) is 0 Å². The maximum atomic E-state index is 4.61. The lowest BCUT2D eigenvalue weighted by Gasteiger charge is -2.11. The Balaban J connectivity index is 1.98. The summed E-state index contributed by atoms with van der Waals surface area (Å²) in [6.07, 6.45) is 1.95. The molecule has 0 saturated carbocycles. The number of aryl methyl sites for hydroxylation is 3. The van der Waals surface area contributed by atoms with E-state index in [1.165, 1.54) is 28.2 Å². The minimum absolute atomic E-state index is 0.945. The molecule has 2 aromatic carbocycles. The monoisotopic (exact) mass is 380 g/mol. The fraction of sp³-hybridized carbons (Fsp3) is 0.190. The standard InChI is InChI=1S/C21H21BrN2/c1-14-8-9-21(10-15(14)2)24-16(3)11-18(17(24)4)13-23-20-7-5-6-19(22)12-20/h5-13H,1-4H3. The van der Waals surface area contributed by atoms with Crippen molar-refractivity contribution < 1.29 is 0 Å². The molecule has 3 heteroatoms. The molecule has 24 heavy (non-hydrogen) atoms. The number of nitrogens with zero attached hydrogens (tertiary/aromatic N) is 2. The van der Waals surface area contributed by atoms with Gasteiger partial charge in [-0.15, -0.1) is 0 Å². The summed E-state index contributed by atoms with van der Waals surface area (Å²) in [4.78, 5) is 4.61. The lowest BCUT2D eigenvalue weighted by atomic mass is 10.1. The molecule has 0 saturated heterocycles. The largest absolute Gasteiger partial charge is 0.318 e. The van der Waals surface area contributed by atoms with Gasteiger partial charge >= 0.3 is 0 Å². The molecule has 0 aliphatic carbocycles. The van der Waals surface area contributed by atoms with E-state index in [0.717, 1.165) is 15.7 Å². The molecule has 3 aromatic rings. The molecular formula is C21H21BrN2. The van der Waals surface area contributed by atoms with Crippen LogP contribution in [0.15, 0.2) is 58.0 Å². The Kier molecular flexibility index (Phi) is 4.72. The van der Waals surface area contributed by atoms with Crippen molar-refractivity contribution >= 4 is 27.8 Å². The van der Waals surface area contributed by atoms with Crippen LogP contribution in [0.4, 0.5) is 5.69 Å². The van der Waals surface area contributed by atoms with Crippen LogP contribution in [0.3, 0.4) is 0 Å². The maximum absolute atomic E-state index is 4.61. The number of benzene rings is 2. The number of aliphatic imine (C=N–C) groups is 1. The Morgan fingerprint density at radius 1 is 0.917 bits per heavy atom. The van der Waals surface area contributed by atoms with Gasteiger partial charge in [0.1, 0.15) is 0 Å². The predicted molar refractivity (Wildman–Crippen MR) is 106 cm³/mol. The summed E-state index contributed by atoms with van der Waals surface area (Å²) in [7, 11) is 0. The second-order valence-electron chi connectivity index (χ2n) is 6.17. The summed E-state index contributed by atoms with van der Waals surface area (Å²) in [6.45, 7) is 8.58. The van der Waals surface area contributed by atoms with E-state index < -0.39 is 0 Å². The molecule has 0 unspecified atom stereocenters. The van der Waals surface area contributed by atoms with Gasteiger partial charge in [-0.3, -0.25) is 4.99 Å². The Morgan fingerprint density at radius 2 is 1.71 bits per heavy atom. The Labute approximate surface area is 152 Å². The fourth-order valence-electron chi connectivity index (χ4n) is 2.88. The molecule has 0 aliphatic rings. The van der Waals surface area contributed by atoms with Crippen molar-refractivity contribution in [1.29, 1.82) is 0 Å². The van der Waals surface area contributed by atoms with E-state index in [2.05, 4.69) is 77.4 Å². The summed E-state index contributed by atoms with van der Waals surface area (Å²) < 4.78 is 3.33. The van der Waals surface area contributed by atoms with Crippen molar-refractivity contribution in [3.8, 4) is 5.69 Å². The van der Waals surface area contributed by atoms with Crippen LogP contribution in [0.25, 0.3) is 5.69 Å². The molecule has 122 valence electrons. The molecule has 0 fully saturated rings. The number of aromatic nitrogens is 1. The summed E-state index contributed by atoms with van der Waals surface area (Å²) in [5.74, 6) is 0. The van der Waals surface area contributed by atoms with Gasteiger partial charge < -0.3 is 4.57 Å². The zero-order valence-corrected chi connectivity index (χ0v) is 16.1. The Morgan fingerprint density at radius 3 is 2.42 bits per heavy atom. The van der Waals surface area contributed by atoms with Crippen molar-refractivity contribution in [2.75, 3.05) is 0 Å². The van der Waals surface area contributed by atoms with E-state index in [9.17, 15) is 0 Å². The lowest BCUT2D eigenvalue weighted by Crippen LogP contribution is -2.00. The second-order valence-corrected chi connectivity index (χ2v) is 7.08. The molecular weight excluding hydrogens is 360 g/mol. The highest BCUT2D eigenvalue weighted by Crippen LogP contribution is 2.23. The van der Waals surface area contributed by atoms with Crippen LogP contribution >= 0.6 is 15.9 Å². The van der Waals surface area contributed by atoms with Crippen molar-refractivity contribution in [2.45, 2.75) is 27.7 Å². The van der Waals surface area contributed by atoms with E-state index in [1.807, 2.05) is 30.5 Å². The third-order valence-electron chi connectivity index (χ3n) is 4.38. The fourth-order valence-corrected chi connectivity index (χ4v) is 3.27. The number of hydrogen-bond acceptors (Lipinski definition) is 1. The van der Waals surface area contributed by atoms with Crippen LogP contribution in [0.2, 0.25) is 0 Å². The molecule has 0 bridgehead atoms. The highest BCUT2D eigenvalue weighted by atomic mass is 79.9. The van der Waals surface area contributed by atoms with E-state index in [1.54, 1.807) is 0 Å². The van der Waals surface area contributed by atoms with Crippen molar-refractivity contribution in [3.05, 3.63) is 81.1 Å². The van der Waals surface area contributed by atoms with Crippen LogP contribution in [-0.2, 0) is 0 Å². The first-order valence-corrected chi connectivity index (χ1v) is 8.81. The van der Waals surface area contributed by atoms with Gasteiger partial charge in [-0.1, -0.05) is 28.1 Å². The van der Waals surface area contributed by atoms with Gasteiger partial charge in [0.25, 0.3) is 0 Å². The van der Waals surface area contributed by atoms with Crippen molar-refractivity contribution in [2.24, 2.45) is 4.99 Å². The topological polar surface area (TPSA) is 17.3 Å². The molecule has 0 radical (unpaired) electrons. The quantitative estimate of drug-likeness (QED) is 0.479. The van der Waals surface area contributed by atoms with Crippen LogP contribution in [0.1, 0.15) is 28.1 Å². The summed E-state index contributed by atoms with van der Waals surface area (Å²) in [6, 6.07) is 16.8. The van der Waals surface area contributed by atoms with Gasteiger partial charge in [0.05, 0.1) is 5.69 Å². The van der Waals surface area contributed by atoms with E-state index in [0.29, 0.717) is 0 Å². The molecule has 0 amide bonds. The van der Waals surface area contributed by atoms with Gasteiger partial charge in [0.15, 0.2) is 0 Å². The van der Waals surface area contributed by atoms with Gasteiger partial charge in [0.2, 0.25) is 0 Å². The third kappa shape index (κ3) is 3.36. The first kappa shape index (κ1) is 16.7. The van der Waals surface area contributed by atoms with Gasteiger partial charge in [0, 0.05) is 33.3 Å². The molecule has 3 rings (SSSR count). The average Bonchev–Trinajstić information content (AvgIpc) is 2.82.